The van der Waals surface area contributed by atoms with Crippen LogP contribution >= 0.6 is 12.6 Å². The summed E-state index contributed by atoms with van der Waals surface area (Å²) in [6.45, 7) is 2.44. The van der Waals surface area contributed by atoms with Crippen LogP contribution in [0.1, 0.15) is 6.42 Å². The summed E-state index contributed by atoms with van der Waals surface area (Å²) in [7, 11) is 0. The molecule has 0 bridgehead atoms. The Morgan fingerprint density at radius 2 is 2.12 bits per heavy atom. The van der Waals surface area contributed by atoms with E-state index < -0.39 is 0 Å². The zero-order chi connectivity index (χ0) is 12.1. The maximum absolute atomic E-state index is 11.7. The summed E-state index contributed by atoms with van der Waals surface area (Å²) in [4.78, 5) is 13.6. The van der Waals surface area contributed by atoms with Crippen LogP contribution in [-0.2, 0) is 4.79 Å². The minimum absolute atomic E-state index is 0.263. The van der Waals surface area contributed by atoms with Gasteiger partial charge >= 0.3 is 0 Å². The second-order valence-electron chi connectivity index (χ2n) is 4.39. The molecule has 17 heavy (non-hydrogen) atoms. The van der Waals surface area contributed by atoms with E-state index in [1.807, 2.05) is 35.2 Å². The van der Waals surface area contributed by atoms with Gasteiger partial charge in [0.05, 0.1) is 0 Å². The molecule has 1 atom stereocenters. The van der Waals surface area contributed by atoms with E-state index in [4.69, 9.17) is 0 Å². The Bertz CT molecular complexity index is 369. The smallest absolute Gasteiger partial charge is 0.223 e. The van der Waals surface area contributed by atoms with Crippen LogP contribution in [0.2, 0.25) is 0 Å². The van der Waals surface area contributed by atoms with Crippen molar-refractivity contribution in [1.82, 2.24) is 4.90 Å². The predicted octanol–water partition coefficient (Wildman–Crippen LogP) is 1.88. The molecule has 3 nitrogen and oxygen atoms in total. The highest BCUT2D eigenvalue weighted by Gasteiger charge is 2.27. The van der Waals surface area contributed by atoms with Gasteiger partial charge in [0.2, 0.25) is 5.91 Å². The summed E-state index contributed by atoms with van der Waals surface area (Å²) in [6, 6.07) is 10.1. The molecule has 2 rings (SSSR count). The molecule has 4 heteroatoms. The minimum atomic E-state index is 0.263. The molecule has 1 aromatic carbocycles. The molecule has 1 amide bonds. The van der Waals surface area contributed by atoms with Gasteiger partial charge < -0.3 is 10.2 Å². The number of para-hydroxylation sites is 1. The Kier molecular flexibility index (Phi) is 4.31. The Hall–Kier alpha value is -1.16. The van der Waals surface area contributed by atoms with Crippen molar-refractivity contribution in [3.05, 3.63) is 30.3 Å². The van der Waals surface area contributed by atoms with E-state index in [0.29, 0.717) is 12.3 Å². The maximum atomic E-state index is 11.7. The SMILES string of the molecule is O=C1CC(CS)CN1CCNc1ccccc1. The van der Waals surface area contributed by atoms with Gasteiger partial charge in [-0.15, -0.1) is 0 Å². The molecule has 1 N–H and O–H groups in total. The van der Waals surface area contributed by atoms with Crippen LogP contribution in [0.4, 0.5) is 5.69 Å². The van der Waals surface area contributed by atoms with Gasteiger partial charge in [-0.3, -0.25) is 4.79 Å². The molecule has 1 saturated heterocycles. The van der Waals surface area contributed by atoms with E-state index in [2.05, 4.69) is 17.9 Å². The lowest BCUT2D eigenvalue weighted by molar-refractivity contribution is -0.127. The molecule has 92 valence electrons. The largest absolute Gasteiger partial charge is 0.383 e. The van der Waals surface area contributed by atoms with Crippen LogP contribution in [0.3, 0.4) is 0 Å². The highest BCUT2D eigenvalue weighted by atomic mass is 32.1. The number of amides is 1. The molecule has 1 aromatic rings. The number of carbonyl (C=O) groups excluding carboxylic acids is 1. The van der Waals surface area contributed by atoms with Gasteiger partial charge in [-0.2, -0.15) is 12.6 Å². The summed E-state index contributed by atoms with van der Waals surface area (Å²) < 4.78 is 0. The number of thiol groups is 1. The summed E-state index contributed by atoms with van der Waals surface area (Å²) in [5.74, 6) is 1.50. The number of carbonyl (C=O) groups is 1. The van der Waals surface area contributed by atoms with Gasteiger partial charge in [-0.1, -0.05) is 18.2 Å². The highest BCUT2D eigenvalue weighted by Crippen LogP contribution is 2.18. The zero-order valence-electron chi connectivity index (χ0n) is 9.80. The number of benzene rings is 1. The zero-order valence-corrected chi connectivity index (χ0v) is 10.7. The monoisotopic (exact) mass is 250 g/mol. The third kappa shape index (κ3) is 3.40. The third-order valence-electron chi connectivity index (χ3n) is 3.04. The van der Waals surface area contributed by atoms with Crippen molar-refractivity contribution in [3.8, 4) is 0 Å². The predicted molar refractivity (Wildman–Crippen MR) is 73.5 cm³/mol. The fraction of sp³-hybridized carbons (Fsp3) is 0.462. The summed E-state index contributed by atoms with van der Waals surface area (Å²) in [6.07, 6.45) is 0.662. The standard InChI is InChI=1S/C13H18N2OS/c16-13-8-11(10-17)9-15(13)7-6-14-12-4-2-1-3-5-12/h1-5,11,14,17H,6-10H2. The number of nitrogens with zero attached hydrogens (tertiary/aromatic N) is 1. The van der Waals surface area contributed by atoms with Crippen molar-refractivity contribution in [2.75, 3.05) is 30.7 Å². The second kappa shape index (κ2) is 5.96. The second-order valence-corrected chi connectivity index (χ2v) is 4.75. The molecule has 1 aliphatic heterocycles. The Morgan fingerprint density at radius 1 is 1.35 bits per heavy atom. The van der Waals surface area contributed by atoms with E-state index in [9.17, 15) is 4.79 Å². The van der Waals surface area contributed by atoms with Crippen LogP contribution in [0.5, 0.6) is 0 Å². The van der Waals surface area contributed by atoms with Crippen LogP contribution in [0, 0.1) is 5.92 Å². The molecular weight excluding hydrogens is 232 g/mol. The van der Waals surface area contributed by atoms with Gasteiger partial charge in [0.1, 0.15) is 0 Å². The lowest BCUT2D eigenvalue weighted by atomic mass is 10.1. The van der Waals surface area contributed by atoms with Crippen molar-refractivity contribution in [2.24, 2.45) is 5.92 Å². The molecule has 1 fully saturated rings. The molecule has 0 aliphatic carbocycles. The van der Waals surface area contributed by atoms with Gasteiger partial charge in [0.15, 0.2) is 0 Å². The van der Waals surface area contributed by atoms with Gasteiger partial charge in [-0.25, -0.2) is 0 Å². The first-order valence-corrected chi connectivity index (χ1v) is 6.60. The lowest BCUT2D eigenvalue weighted by Gasteiger charge is -2.17. The number of hydrogen-bond acceptors (Lipinski definition) is 3. The summed E-state index contributed by atoms with van der Waals surface area (Å²) in [5.41, 5.74) is 1.10. The first kappa shape index (κ1) is 12.3. The number of rotatable bonds is 5. The Labute approximate surface area is 108 Å². The number of nitrogens with one attached hydrogen (secondary N) is 1. The molecule has 0 aromatic heterocycles. The summed E-state index contributed by atoms with van der Waals surface area (Å²) >= 11 is 4.25. The third-order valence-corrected chi connectivity index (χ3v) is 3.55. The van der Waals surface area contributed by atoms with Crippen molar-refractivity contribution in [3.63, 3.8) is 0 Å². The molecule has 1 heterocycles. The normalized spacial score (nSPS) is 19.7. The molecule has 0 saturated carbocycles. The highest BCUT2D eigenvalue weighted by molar-refractivity contribution is 7.80. The lowest BCUT2D eigenvalue weighted by Crippen LogP contribution is -2.30. The fourth-order valence-electron chi connectivity index (χ4n) is 2.08. The number of anilines is 1. The minimum Gasteiger partial charge on any atom is -0.383 e. The first-order chi connectivity index (χ1) is 8.29. The van der Waals surface area contributed by atoms with E-state index in [1.165, 1.54) is 0 Å². The molecule has 0 radical (unpaired) electrons. The Morgan fingerprint density at radius 3 is 2.76 bits per heavy atom. The van der Waals surface area contributed by atoms with E-state index in [0.717, 1.165) is 31.1 Å². The van der Waals surface area contributed by atoms with Gasteiger partial charge in [-0.05, 0) is 23.8 Å². The van der Waals surface area contributed by atoms with Crippen molar-refractivity contribution in [2.45, 2.75) is 6.42 Å². The molecule has 0 spiro atoms. The topological polar surface area (TPSA) is 32.3 Å². The average molecular weight is 250 g/mol. The van der Waals surface area contributed by atoms with Crippen LogP contribution < -0.4 is 5.32 Å². The van der Waals surface area contributed by atoms with E-state index in [1.54, 1.807) is 0 Å². The van der Waals surface area contributed by atoms with E-state index >= 15 is 0 Å². The maximum Gasteiger partial charge on any atom is 0.223 e. The van der Waals surface area contributed by atoms with Crippen LogP contribution in [0.15, 0.2) is 30.3 Å². The van der Waals surface area contributed by atoms with Crippen LogP contribution in [0.25, 0.3) is 0 Å². The number of hydrogen-bond donors (Lipinski definition) is 2. The van der Waals surface area contributed by atoms with E-state index in [-0.39, 0.29) is 5.91 Å². The number of likely N-dealkylation sites (tertiary alicyclic amines) is 1. The summed E-state index contributed by atoms with van der Waals surface area (Å²) in [5, 5.41) is 3.31. The Balaban J connectivity index is 1.74. The van der Waals surface area contributed by atoms with Gasteiger partial charge in [0, 0.05) is 31.7 Å². The van der Waals surface area contributed by atoms with Crippen LogP contribution in [-0.4, -0.2) is 36.2 Å². The van der Waals surface area contributed by atoms with Crippen molar-refractivity contribution < 1.29 is 4.79 Å². The molecule has 1 aliphatic rings. The molecular formula is C13H18N2OS. The fourth-order valence-corrected chi connectivity index (χ4v) is 2.33. The average Bonchev–Trinajstić information content (AvgIpc) is 2.72. The quantitative estimate of drug-likeness (QED) is 0.782. The molecule has 1 unspecified atom stereocenters. The van der Waals surface area contributed by atoms with Crippen molar-refractivity contribution in [1.29, 1.82) is 0 Å². The van der Waals surface area contributed by atoms with Crippen molar-refractivity contribution >= 4 is 24.2 Å². The first-order valence-electron chi connectivity index (χ1n) is 5.97. The van der Waals surface area contributed by atoms with Gasteiger partial charge in [0.25, 0.3) is 0 Å².